The van der Waals surface area contributed by atoms with Crippen molar-refractivity contribution in [3.63, 3.8) is 0 Å². The fourth-order valence-electron chi connectivity index (χ4n) is 1.76. The first kappa shape index (κ1) is 16.7. The number of hydrogen-bond acceptors (Lipinski definition) is 4. The third-order valence-electron chi connectivity index (χ3n) is 2.90. The van der Waals surface area contributed by atoms with Crippen molar-refractivity contribution in [2.75, 3.05) is 32.1 Å². The molecule has 1 aromatic rings. The molecule has 108 valence electrons. The summed E-state index contributed by atoms with van der Waals surface area (Å²) in [5, 5.41) is 0.953. The molecule has 4 nitrogen and oxygen atoms in total. The summed E-state index contributed by atoms with van der Waals surface area (Å²) in [6.07, 6.45) is 1.22. The van der Waals surface area contributed by atoms with Gasteiger partial charge < -0.3 is 5.73 Å². The van der Waals surface area contributed by atoms with E-state index in [9.17, 15) is 8.42 Å². The van der Waals surface area contributed by atoms with Gasteiger partial charge in [-0.25, -0.2) is 8.42 Å². The molecule has 1 rings (SSSR count). The highest BCUT2D eigenvalue weighted by molar-refractivity contribution is 7.90. The maximum Gasteiger partial charge on any atom is 0.148 e. The highest BCUT2D eigenvalue weighted by Crippen LogP contribution is 2.27. The van der Waals surface area contributed by atoms with Crippen LogP contribution in [0, 0.1) is 0 Å². The molecule has 0 saturated carbocycles. The van der Waals surface area contributed by atoms with Crippen LogP contribution in [-0.2, 0) is 9.84 Å². The van der Waals surface area contributed by atoms with Gasteiger partial charge in [0.1, 0.15) is 9.84 Å². The van der Waals surface area contributed by atoms with Crippen LogP contribution in [0.15, 0.2) is 18.2 Å². The van der Waals surface area contributed by atoms with Crippen LogP contribution in [0.3, 0.4) is 0 Å². The molecule has 0 bridgehead atoms. The Hall–Kier alpha value is -0.330. The molecule has 0 spiro atoms. The maximum absolute atomic E-state index is 11.2. The van der Waals surface area contributed by atoms with Gasteiger partial charge in [0.25, 0.3) is 0 Å². The number of nitrogens with zero attached hydrogens (tertiary/aromatic N) is 1. The maximum atomic E-state index is 11.2. The van der Waals surface area contributed by atoms with Gasteiger partial charge >= 0.3 is 0 Å². The number of hydrogen-bond donors (Lipinski definition) is 1. The van der Waals surface area contributed by atoms with Gasteiger partial charge in [-0.15, -0.1) is 0 Å². The predicted molar refractivity (Wildman–Crippen MR) is 80.6 cm³/mol. The smallest absolute Gasteiger partial charge is 0.148 e. The van der Waals surface area contributed by atoms with Crippen LogP contribution >= 0.6 is 23.2 Å². The van der Waals surface area contributed by atoms with Gasteiger partial charge in [-0.2, -0.15) is 0 Å². The zero-order chi connectivity index (χ0) is 14.6. The van der Waals surface area contributed by atoms with E-state index in [4.69, 9.17) is 28.9 Å². The summed E-state index contributed by atoms with van der Waals surface area (Å²) in [6, 6.07) is 5.24. The Bertz CT molecular complexity index is 535. The molecule has 1 unspecified atom stereocenters. The van der Waals surface area contributed by atoms with Crippen LogP contribution in [0.1, 0.15) is 11.6 Å². The summed E-state index contributed by atoms with van der Waals surface area (Å²) < 4.78 is 22.4. The van der Waals surface area contributed by atoms with E-state index in [-0.39, 0.29) is 11.8 Å². The number of sulfone groups is 1. The van der Waals surface area contributed by atoms with Crippen LogP contribution < -0.4 is 5.73 Å². The van der Waals surface area contributed by atoms with Crippen molar-refractivity contribution in [2.24, 2.45) is 5.73 Å². The van der Waals surface area contributed by atoms with E-state index in [1.165, 1.54) is 6.26 Å². The molecule has 0 amide bonds. The Kier molecular flexibility index (Phi) is 6.08. The minimum absolute atomic E-state index is 0.0866. The van der Waals surface area contributed by atoms with Gasteiger partial charge in [0, 0.05) is 25.4 Å². The molecule has 0 aliphatic carbocycles. The Morgan fingerprint density at radius 3 is 2.42 bits per heavy atom. The number of halogens is 2. The fourth-order valence-corrected chi connectivity index (χ4v) is 2.68. The van der Waals surface area contributed by atoms with Gasteiger partial charge in [-0.1, -0.05) is 29.3 Å². The van der Waals surface area contributed by atoms with Gasteiger partial charge in [0.15, 0.2) is 0 Å². The Morgan fingerprint density at radius 2 is 1.95 bits per heavy atom. The standard InChI is InChI=1S/C12H18Cl2N2O2S/c1-16(5-6-19(2,17)18)12(8-15)9-3-4-10(13)11(14)7-9/h3-4,7,12H,5-6,8,15H2,1-2H3. The van der Waals surface area contributed by atoms with E-state index in [1.807, 2.05) is 18.0 Å². The first-order valence-electron chi connectivity index (χ1n) is 5.77. The van der Waals surface area contributed by atoms with Crippen LogP contribution in [0.2, 0.25) is 10.0 Å². The monoisotopic (exact) mass is 324 g/mol. The SMILES string of the molecule is CN(CCS(C)(=O)=O)C(CN)c1ccc(Cl)c(Cl)c1. The van der Waals surface area contributed by atoms with Crippen LogP contribution in [0.25, 0.3) is 0 Å². The molecule has 0 aliphatic heterocycles. The molecular formula is C12H18Cl2N2O2S. The fraction of sp³-hybridized carbons (Fsp3) is 0.500. The van der Waals surface area contributed by atoms with Gasteiger partial charge in [0.05, 0.1) is 15.8 Å². The molecule has 1 aromatic carbocycles. The molecule has 7 heteroatoms. The molecule has 0 saturated heterocycles. The molecule has 0 aliphatic rings. The summed E-state index contributed by atoms with van der Waals surface area (Å²) in [6.45, 7) is 0.791. The van der Waals surface area contributed by atoms with E-state index >= 15 is 0 Å². The summed E-state index contributed by atoms with van der Waals surface area (Å²) in [7, 11) is -1.15. The molecule has 0 aromatic heterocycles. The van der Waals surface area contributed by atoms with Crippen LogP contribution in [0.5, 0.6) is 0 Å². The molecule has 0 radical (unpaired) electrons. The topological polar surface area (TPSA) is 63.4 Å². The van der Waals surface area contributed by atoms with E-state index in [0.29, 0.717) is 23.1 Å². The first-order valence-corrected chi connectivity index (χ1v) is 8.59. The van der Waals surface area contributed by atoms with E-state index in [2.05, 4.69) is 0 Å². The Labute approximate surface area is 124 Å². The molecule has 1 atom stereocenters. The lowest BCUT2D eigenvalue weighted by atomic mass is 10.1. The van der Waals surface area contributed by atoms with E-state index in [0.717, 1.165) is 5.56 Å². The molecular weight excluding hydrogens is 307 g/mol. The van der Waals surface area contributed by atoms with Crippen LogP contribution in [0.4, 0.5) is 0 Å². The largest absolute Gasteiger partial charge is 0.329 e. The van der Waals surface area contributed by atoms with Crippen LogP contribution in [-0.4, -0.2) is 45.5 Å². The summed E-state index contributed by atoms with van der Waals surface area (Å²) >= 11 is 11.9. The van der Waals surface area contributed by atoms with Crippen molar-refractivity contribution < 1.29 is 8.42 Å². The summed E-state index contributed by atoms with van der Waals surface area (Å²) in [5.41, 5.74) is 6.69. The second kappa shape index (κ2) is 6.90. The minimum atomic E-state index is -2.99. The third kappa shape index (κ3) is 5.28. The van der Waals surface area contributed by atoms with Crippen molar-refractivity contribution >= 4 is 33.0 Å². The van der Waals surface area contributed by atoms with Gasteiger partial charge in [-0.3, -0.25) is 4.90 Å². The molecule has 0 fully saturated rings. The van der Waals surface area contributed by atoms with Gasteiger partial charge in [-0.05, 0) is 24.7 Å². The van der Waals surface area contributed by atoms with Crippen molar-refractivity contribution in [1.82, 2.24) is 4.90 Å². The average molecular weight is 325 g/mol. The van der Waals surface area contributed by atoms with Crippen molar-refractivity contribution in [3.05, 3.63) is 33.8 Å². The molecule has 0 heterocycles. The van der Waals surface area contributed by atoms with E-state index < -0.39 is 9.84 Å². The Morgan fingerprint density at radius 1 is 1.32 bits per heavy atom. The first-order chi connectivity index (χ1) is 8.74. The number of nitrogens with two attached hydrogens (primary N) is 1. The van der Waals surface area contributed by atoms with Gasteiger partial charge in [0.2, 0.25) is 0 Å². The van der Waals surface area contributed by atoms with Crippen molar-refractivity contribution in [1.29, 1.82) is 0 Å². The zero-order valence-electron chi connectivity index (χ0n) is 10.9. The summed E-state index contributed by atoms with van der Waals surface area (Å²) in [5.74, 6) is 0.0985. The Balaban J connectivity index is 2.84. The number of likely N-dealkylation sites (N-methyl/N-ethyl adjacent to an activating group) is 1. The number of rotatable bonds is 6. The second-order valence-electron chi connectivity index (χ2n) is 4.54. The second-order valence-corrected chi connectivity index (χ2v) is 7.61. The lowest BCUT2D eigenvalue weighted by Gasteiger charge is -2.27. The minimum Gasteiger partial charge on any atom is -0.329 e. The van der Waals surface area contributed by atoms with E-state index in [1.54, 1.807) is 12.1 Å². The molecule has 2 N–H and O–H groups in total. The van der Waals surface area contributed by atoms with Crippen molar-refractivity contribution in [2.45, 2.75) is 6.04 Å². The third-order valence-corrected chi connectivity index (χ3v) is 4.56. The quantitative estimate of drug-likeness (QED) is 0.868. The zero-order valence-corrected chi connectivity index (χ0v) is 13.3. The highest BCUT2D eigenvalue weighted by atomic mass is 35.5. The predicted octanol–water partition coefficient (Wildman–Crippen LogP) is 1.97. The average Bonchev–Trinajstić information content (AvgIpc) is 2.31. The summed E-state index contributed by atoms with van der Waals surface area (Å²) in [4.78, 5) is 1.90. The lowest BCUT2D eigenvalue weighted by molar-refractivity contribution is 0.264. The lowest BCUT2D eigenvalue weighted by Crippen LogP contribution is -2.34. The number of benzene rings is 1. The van der Waals surface area contributed by atoms with Crippen molar-refractivity contribution in [3.8, 4) is 0 Å². The highest BCUT2D eigenvalue weighted by Gasteiger charge is 2.17. The molecule has 19 heavy (non-hydrogen) atoms. The normalized spacial score (nSPS) is 13.8.